The minimum Gasteiger partial charge on any atom is -0.505 e. The van der Waals surface area contributed by atoms with Gasteiger partial charge < -0.3 is 14.2 Å². The van der Waals surface area contributed by atoms with E-state index in [1.54, 1.807) is 38.3 Å². The fraction of sp³-hybridized carbons (Fsp3) is 0.167. The molecule has 1 aliphatic rings. The van der Waals surface area contributed by atoms with E-state index < -0.39 is 17.7 Å². The summed E-state index contributed by atoms with van der Waals surface area (Å²) in [6, 6.07) is 17.3. The number of carbonyl (C=O) groups is 2. The van der Waals surface area contributed by atoms with E-state index in [-0.39, 0.29) is 22.2 Å². The summed E-state index contributed by atoms with van der Waals surface area (Å²) in [5.41, 5.74) is 3.88. The SMILES string of the molecule is COc1ccc(C2/C(=C(\O)c3nc4c(C)cccn4c3C)C(=O)C(=O)N2c2nnc(SCc3ccccc3Cl)s2)cc1. The van der Waals surface area contributed by atoms with Crippen LogP contribution in [0.15, 0.2) is 76.8 Å². The highest BCUT2D eigenvalue weighted by molar-refractivity contribution is 8.00. The minimum atomic E-state index is -0.962. The van der Waals surface area contributed by atoms with Crippen LogP contribution in [-0.4, -0.2) is 43.5 Å². The first kappa shape index (κ1) is 28.0. The summed E-state index contributed by atoms with van der Waals surface area (Å²) in [7, 11) is 1.55. The Morgan fingerprint density at radius 3 is 2.55 bits per heavy atom. The highest BCUT2D eigenvalue weighted by Crippen LogP contribution is 2.44. The number of halogens is 1. The Kier molecular flexibility index (Phi) is 7.48. The third-order valence-corrected chi connectivity index (χ3v) is 9.57. The maximum atomic E-state index is 13.6. The molecule has 0 saturated carbocycles. The van der Waals surface area contributed by atoms with Gasteiger partial charge >= 0.3 is 5.91 Å². The quantitative estimate of drug-likeness (QED) is 0.0736. The number of ketones is 1. The number of thioether (sulfide) groups is 1. The number of pyridine rings is 1. The number of nitrogens with zero attached hydrogens (tertiary/aromatic N) is 5. The Morgan fingerprint density at radius 2 is 1.83 bits per heavy atom. The molecule has 1 aliphatic heterocycles. The molecule has 1 saturated heterocycles. The van der Waals surface area contributed by atoms with E-state index in [9.17, 15) is 14.7 Å². The van der Waals surface area contributed by atoms with Crippen LogP contribution >= 0.6 is 34.7 Å². The minimum absolute atomic E-state index is 0.0743. The van der Waals surface area contributed by atoms with Crippen molar-refractivity contribution in [2.24, 2.45) is 0 Å². The second-order valence-electron chi connectivity index (χ2n) is 9.60. The smallest absolute Gasteiger partial charge is 0.301 e. The Labute approximate surface area is 254 Å². The molecule has 0 bridgehead atoms. The van der Waals surface area contributed by atoms with E-state index in [1.165, 1.54) is 28.0 Å². The van der Waals surface area contributed by atoms with Gasteiger partial charge in [-0.1, -0.05) is 71.1 Å². The lowest BCUT2D eigenvalue weighted by atomic mass is 9.96. The lowest BCUT2D eigenvalue weighted by Gasteiger charge is -2.22. The van der Waals surface area contributed by atoms with Crippen LogP contribution in [0, 0.1) is 13.8 Å². The number of amides is 1. The van der Waals surface area contributed by atoms with Crippen molar-refractivity contribution in [1.29, 1.82) is 0 Å². The van der Waals surface area contributed by atoms with Crippen LogP contribution in [0.25, 0.3) is 11.4 Å². The fourth-order valence-corrected chi connectivity index (χ4v) is 7.07. The number of Topliss-reactive ketones (excluding diaryl/α,β-unsaturated/α-hetero) is 1. The molecular formula is C30H24ClN5O4S2. The highest BCUT2D eigenvalue weighted by atomic mass is 35.5. The molecule has 6 rings (SSSR count). The zero-order valence-corrected chi connectivity index (χ0v) is 25.1. The standard InChI is InChI=1S/C30H24ClN5O4S2/c1-16-7-6-14-35-17(2)23(32-27(16)35)25(37)22-24(18-10-12-20(40-3)13-11-18)36(28(39)26(22)38)29-33-34-30(42-29)41-15-19-8-4-5-9-21(19)31/h4-14,24,37H,15H2,1-3H3/b25-22+. The van der Waals surface area contributed by atoms with Gasteiger partial charge in [0, 0.05) is 17.0 Å². The summed E-state index contributed by atoms with van der Waals surface area (Å²) >= 11 is 8.92. The van der Waals surface area contributed by atoms with Gasteiger partial charge in [-0.2, -0.15) is 0 Å². The number of rotatable bonds is 7. The molecule has 3 aromatic heterocycles. The van der Waals surface area contributed by atoms with E-state index >= 15 is 0 Å². The van der Waals surface area contributed by atoms with Crippen LogP contribution in [0.3, 0.4) is 0 Å². The molecule has 1 fully saturated rings. The number of aryl methyl sites for hydroxylation is 2. The topological polar surface area (TPSA) is 110 Å². The number of anilines is 1. The zero-order valence-electron chi connectivity index (χ0n) is 22.7. The summed E-state index contributed by atoms with van der Waals surface area (Å²) in [6.07, 6.45) is 1.84. The van der Waals surface area contributed by atoms with Crippen molar-refractivity contribution in [3.8, 4) is 5.75 Å². The fourth-order valence-electron chi connectivity index (χ4n) is 4.92. The first-order valence-electron chi connectivity index (χ1n) is 12.9. The lowest BCUT2D eigenvalue weighted by molar-refractivity contribution is -0.132. The number of benzene rings is 2. The molecule has 1 amide bonds. The van der Waals surface area contributed by atoms with Crippen molar-refractivity contribution in [2.75, 3.05) is 12.0 Å². The van der Waals surface area contributed by atoms with Gasteiger partial charge in [-0.05, 0) is 54.8 Å². The Hall–Kier alpha value is -4.19. The summed E-state index contributed by atoms with van der Waals surface area (Å²) in [5, 5.41) is 21.1. The normalized spacial score (nSPS) is 16.5. The molecule has 12 heteroatoms. The van der Waals surface area contributed by atoms with E-state index in [0.717, 1.165) is 11.1 Å². The summed E-state index contributed by atoms with van der Waals surface area (Å²) < 4.78 is 7.76. The molecule has 0 spiro atoms. The third-order valence-electron chi connectivity index (χ3n) is 7.10. The molecule has 1 N–H and O–H groups in total. The molecule has 1 unspecified atom stereocenters. The van der Waals surface area contributed by atoms with Gasteiger partial charge in [-0.15, -0.1) is 10.2 Å². The second-order valence-corrected chi connectivity index (χ2v) is 12.2. The number of methoxy groups -OCH3 is 1. The second kappa shape index (κ2) is 11.2. The maximum Gasteiger partial charge on any atom is 0.301 e. The number of fused-ring (bicyclic) bond motifs is 1. The highest BCUT2D eigenvalue weighted by Gasteiger charge is 2.49. The molecule has 212 valence electrons. The van der Waals surface area contributed by atoms with Crippen molar-refractivity contribution in [2.45, 2.75) is 30.0 Å². The van der Waals surface area contributed by atoms with Gasteiger partial charge in [0.1, 0.15) is 17.1 Å². The number of hydrogen-bond acceptors (Lipinski definition) is 9. The van der Waals surface area contributed by atoms with Gasteiger partial charge in [-0.25, -0.2) is 4.98 Å². The van der Waals surface area contributed by atoms with Gasteiger partial charge in [0.2, 0.25) is 5.13 Å². The van der Waals surface area contributed by atoms with E-state index in [2.05, 4.69) is 15.2 Å². The molecule has 2 aromatic carbocycles. The van der Waals surface area contributed by atoms with Crippen LogP contribution < -0.4 is 9.64 Å². The predicted molar refractivity (Wildman–Crippen MR) is 163 cm³/mol. The number of carbonyl (C=O) groups excluding carboxylic acids is 2. The van der Waals surface area contributed by atoms with Gasteiger partial charge in [-0.3, -0.25) is 14.5 Å². The van der Waals surface area contributed by atoms with E-state index in [0.29, 0.717) is 37.8 Å². The third kappa shape index (κ3) is 4.83. The Bertz CT molecular complexity index is 1880. The van der Waals surface area contributed by atoms with Gasteiger partial charge in [0.05, 0.1) is 24.4 Å². The lowest BCUT2D eigenvalue weighted by Crippen LogP contribution is -2.29. The summed E-state index contributed by atoms with van der Waals surface area (Å²) in [4.78, 5) is 33.2. The Morgan fingerprint density at radius 1 is 1.07 bits per heavy atom. The van der Waals surface area contributed by atoms with Gasteiger partial charge in [0.15, 0.2) is 10.1 Å². The number of aromatic nitrogens is 4. The molecule has 5 aromatic rings. The van der Waals surface area contributed by atoms with Gasteiger partial charge in [0.25, 0.3) is 5.78 Å². The van der Waals surface area contributed by atoms with Crippen molar-refractivity contribution in [3.05, 3.63) is 106 Å². The van der Waals surface area contributed by atoms with Crippen molar-refractivity contribution in [1.82, 2.24) is 19.6 Å². The molecule has 42 heavy (non-hydrogen) atoms. The predicted octanol–water partition coefficient (Wildman–Crippen LogP) is 6.38. The monoisotopic (exact) mass is 617 g/mol. The zero-order chi connectivity index (χ0) is 29.5. The van der Waals surface area contributed by atoms with Crippen molar-refractivity contribution < 1.29 is 19.4 Å². The summed E-state index contributed by atoms with van der Waals surface area (Å²) in [5.74, 6) is -0.830. The average molecular weight is 618 g/mol. The van der Waals surface area contributed by atoms with Crippen LogP contribution in [0.1, 0.15) is 34.1 Å². The number of aliphatic hydroxyl groups is 1. The first-order valence-corrected chi connectivity index (χ1v) is 15.1. The van der Waals surface area contributed by atoms with Crippen molar-refractivity contribution in [3.63, 3.8) is 0 Å². The van der Waals surface area contributed by atoms with Crippen LogP contribution in [0.4, 0.5) is 5.13 Å². The molecule has 1 atom stereocenters. The van der Waals surface area contributed by atoms with Crippen molar-refractivity contribution >= 4 is 62.9 Å². The van der Waals surface area contributed by atoms with Crippen LogP contribution in [0.2, 0.25) is 5.02 Å². The number of aliphatic hydroxyl groups excluding tert-OH is 1. The maximum absolute atomic E-state index is 13.6. The average Bonchev–Trinajstić information content (AvgIpc) is 3.67. The largest absolute Gasteiger partial charge is 0.505 e. The summed E-state index contributed by atoms with van der Waals surface area (Å²) in [6.45, 7) is 3.72. The molecule has 4 heterocycles. The molecule has 0 radical (unpaired) electrons. The Balaban J connectivity index is 1.44. The van der Waals surface area contributed by atoms with E-state index in [1.807, 2.05) is 53.9 Å². The number of imidazole rings is 1. The molecule has 9 nitrogen and oxygen atoms in total. The first-order chi connectivity index (χ1) is 20.3. The molecular weight excluding hydrogens is 594 g/mol. The van der Waals surface area contributed by atoms with Crippen LogP contribution in [-0.2, 0) is 15.3 Å². The number of hydrogen-bond donors (Lipinski definition) is 1. The van der Waals surface area contributed by atoms with Crippen LogP contribution in [0.5, 0.6) is 5.75 Å². The molecule has 0 aliphatic carbocycles. The number of ether oxygens (including phenoxy) is 1. The van der Waals surface area contributed by atoms with E-state index in [4.69, 9.17) is 16.3 Å².